The first kappa shape index (κ1) is 11.1. The molecule has 2 aliphatic rings. The molecule has 3 nitrogen and oxygen atoms in total. The topological polar surface area (TPSA) is 38.5 Å². The third-order valence-electron chi connectivity index (χ3n) is 3.98. The van der Waals surface area contributed by atoms with Crippen LogP contribution in [-0.2, 0) is 6.54 Å². The van der Waals surface area contributed by atoms with Gasteiger partial charge >= 0.3 is 0 Å². The molecule has 3 rings (SSSR count). The van der Waals surface area contributed by atoms with E-state index >= 15 is 0 Å². The van der Waals surface area contributed by atoms with Gasteiger partial charge in [-0.15, -0.1) is 0 Å². The van der Waals surface area contributed by atoms with Crippen molar-refractivity contribution in [2.24, 2.45) is 11.1 Å². The fourth-order valence-corrected chi connectivity index (χ4v) is 2.59. The van der Waals surface area contributed by atoms with Crippen molar-refractivity contribution in [3.8, 4) is 5.75 Å². The van der Waals surface area contributed by atoms with E-state index in [4.69, 9.17) is 10.5 Å². The number of benzene rings is 1. The van der Waals surface area contributed by atoms with Crippen LogP contribution in [0.5, 0.6) is 5.75 Å². The predicted octanol–water partition coefficient (Wildman–Crippen LogP) is 1.62. The quantitative estimate of drug-likeness (QED) is 0.860. The maximum Gasteiger partial charge on any atom is 0.123 e. The van der Waals surface area contributed by atoms with Crippen LogP contribution >= 0.6 is 0 Å². The van der Waals surface area contributed by atoms with E-state index in [0.717, 1.165) is 38.5 Å². The summed E-state index contributed by atoms with van der Waals surface area (Å²) >= 11 is 0. The fraction of sp³-hybridized carbons (Fsp3) is 0.571. The molecule has 1 fully saturated rings. The Morgan fingerprint density at radius 2 is 2.12 bits per heavy atom. The lowest BCUT2D eigenvalue weighted by molar-refractivity contribution is 0.192. The van der Waals surface area contributed by atoms with Gasteiger partial charge in [0.1, 0.15) is 12.4 Å². The number of fused-ring (bicyclic) bond motifs is 1. The van der Waals surface area contributed by atoms with E-state index in [2.05, 4.69) is 23.1 Å². The smallest absolute Gasteiger partial charge is 0.123 e. The summed E-state index contributed by atoms with van der Waals surface area (Å²) in [6.07, 6.45) is 2.59. The van der Waals surface area contributed by atoms with Crippen LogP contribution in [0.4, 0.5) is 0 Å². The van der Waals surface area contributed by atoms with E-state index in [1.807, 2.05) is 6.07 Å². The second-order valence-electron chi connectivity index (χ2n) is 5.37. The molecule has 1 aromatic rings. The Morgan fingerprint density at radius 1 is 1.29 bits per heavy atom. The first-order chi connectivity index (χ1) is 8.31. The van der Waals surface area contributed by atoms with Gasteiger partial charge in [0.15, 0.2) is 0 Å². The van der Waals surface area contributed by atoms with Crippen LogP contribution in [0.1, 0.15) is 18.4 Å². The predicted molar refractivity (Wildman–Crippen MR) is 67.9 cm³/mol. The van der Waals surface area contributed by atoms with Crippen LogP contribution < -0.4 is 10.5 Å². The number of hydrogen-bond acceptors (Lipinski definition) is 3. The molecule has 0 amide bonds. The van der Waals surface area contributed by atoms with Crippen molar-refractivity contribution in [2.75, 3.05) is 26.2 Å². The number of rotatable bonds is 3. The van der Waals surface area contributed by atoms with Crippen molar-refractivity contribution < 1.29 is 4.74 Å². The summed E-state index contributed by atoms with van der Waals surface area (Å²) in [7, 11) is 0. The molecule has 0 bridgehead atoms. The van der Waals surface area contributed by atoms with Gasteiger partial charge in [-0.2, -0.15) is 0 Å². The van der Waals surface area contributed by atoms with E-state index in [9.17, 15) is 0 Å². The van der Waals surface area contributed by atoms with Crippen LogP contribution in [0.3, 0.4) is 0 Å². The number of nitrogens with zero attached hydrogens (tertiary/aromatic N) is 1. The van der Waals surface area contributed by atoms with Gasteiger partial charge in [0.2, 0.25) is 0 Å². The molecule has 0 saturated heterocycles. The molecular weight excluding hydrogens is 212 g/mol. The summed E-state index contributed by atoms with van der Waals surface area (Å²) in [6, 6.07) is 8.35. The van der Waals surface area contributed by atoms with E-state index in [1.54, 1.807) is 0 Å². The molecule has 0 spiro atoms. The minimum atomic E-state index is 0.416. The molecule has 0 atom stereocenters. The summed E-state index contributed by atoms with van der Waals surface area (Å²) in [5, 5.41) is 0. The third-order valence-corrected chi connectivity index (χ3v) is 3.98. The molecule has 92 valence electrons. The van der Waals surface area contributed by atoms with Crippen molar-refractivity contribution in [2.45, 2.75) is 19.4 Å². The van der Waals surface area contributed by atoms with Crippen molar-refractivity contribution in [3.63, 3.8) is 0 Å². The highest BCUT2D eigenvalue weighted by Crippen LogP contribution is 2.45. The Morgan fingerprint density at radius 3 is 2.88 bits per heavy atom. The van der Waals surface area contributed by atoms with Gasteiger partial charge in [0.05, 0.1) is 0 Å². The second-order valence-corrected chi connectivity index (χ2v) is 5.37. The monoisotopic (exact) mass is 232 g/mol. The van der Waals surface area contributed by atoms with E-state index in [-0.39, 0.29) is 0 Å². The largest absolute Gasteiger partial charge is 0.492 e. The highest BCUT2D eigenvalue weighted by atomic mass is 16.5. The molecule has 0 unspecified atom stereocenters. The van der Waals surface area contributed by atoms with Crippen LogP contribution in [-0.4, -0.2) is 31.1 Å². The second kappa shape index (κ2) is 4.31. The van der Waals surface area contributed by atoms with Gasteiger partial charge in [-0.25, -0.2) is 0 Å². The number of para-hydroxylation sites is 1. The fourth-order valence-electron chi connectivity index (χ4n) is 2.59. The SMILES string of the molecule is NCC1(CN2CCOc3ccccc3C2)CC1. The van der Waals surface area contributed by atoms with E-state index in [0.29, 0.717) is 5.41 Å². The zero-order valence-corrected chi connectivity index (χ0v) is 10.2. The maximum absolute atomic E-state index is 5.86. The van der Waals surface area contributed by atoms with Crippen molar-refractivity contribution in [1.29, 1.82) is 0 Å². The molecule has 2 N–H and O–H groups in total. The molecule has 1 aliphatic heterocycles. The Hall–Kier alpha value is -1.06. The number of nitrogens with two attached hydrogens (primary N) is 1. The minimum Gasteiger partial charge on any atom is -0.492 e. The average Bonchev–Trinajstić information content (AvgIpc) is 3.13. The third kappa shape index (κ3) is 2.31. The van der Waals surface area contributed by atoms with Crippen LogP contribution in [0.25, 0.3) is 0 Å². The van der Waals surface area contributed by atoms with Gasteiger partial charge in [-0.1, -0.05) is 18.2 Å². The minimum absolute atomic E-state index is 0.416. The molecule has 17 heavy (non-hydrogen) atoms. The maximum atomic E-state index is 5.86. The molecular formula is C14H20N2O. The number of hydrogen-bond donors (Lipinski definition) is 1. The summed E-state index contributed by atoms with van der Waals surface area (Å²) in [4.78, 5) is 2.49. The Labute approximate surface area is 103 Å². The van der Waals surface area contributed by atoms with Crippen LogP contribution in [0, 0.1) is 5.41 Å². The zero-order chi connectivity index (χ0) is 11.7. The summed E-state index contributed by atoms with van der Waals surface area (Å²) in [5.41, 5.74) is 7.58. The standard InChI is InChI=1S/C14H20N2O/c15-10-14(5-6-14)11-16-7-8-17-13-4-2-1-3-12(13)9-16/h1-4H,5-11,15H2. The lowest BCUT2D eigenvalue weighted by Crippen LogP contribution is -2.35. The van der Waals surface area contributed by atoms with Gasteiger partial charge in [-0.3, -0.25) is 4.90 Å². The lowest BCUT2D eigenvalue weighted by atomic mass is 10.1. The summed E-state index contributed by atoms with van der Waals surface area (Å²) < 4.78 is 5.77. The van der Waals surface area contributed by atoms with Crippen molar-refractivity contribution in [1.82, 2.24) is 4.90 Å². The van der Waals surface area contributed by atoms with Gasteiger partial charge < -0.3 is 10.5 Å². The Bertz CT molecular complexity index is 401. The highest BCUT2D eigenvalue weighted by molar-refractivity contribution is 5.33. The van der Waals surface area contributed by atoms with Crippen molar-refractivity contribution >= 4 is 0 Å². The highest BCUT2D eigenvalue weighted by Gasteiger charge is 2.42. The average molecular weight is 232 g/mol. The van der Waals surface area contributed by atoms with Gasteiger partial charge in [0.25, 0.3) is 0 Å². The van der Waals surface area contributed by atoms with Crippen LogP contribution in [0.15, 0.2) is 24.3 Å². The van der Waals surface area contributed by atoms with Crippen LogP contribution in [0.2, 0.25) is 0 Å². The zero-order valence-electron chi connectivity index (χ0n) is 10.2. The molecule has 3 heteroatoms. The molecule has 1 aromatic carbocycles. The van der Waals surface area contributed by atoms with Crippen molar-refractivity contribution in [3.05, 3.63) is 29.8 Å². The van der Waals surface area contributed by atoms with E-state index in [1.165, 1.54) is 18.4 Å². The van der Waals surface area contributed by atoms with Gasteiger partial charge in [0, 0.05) is 25.2 Å². The molecule has 1 aliphatic carbocycles. The lowest BCUT2D eigenvalue weighted by Gasteiger charge is -2.24. The molecule has 1 saturated carbocycles. The molecule has 0 aromatic heterocycles. The normalized spacial score (nSPS) is 22.4. The molecule has 1 heterocycles. The first-order valence-electron chi connectivity index (χ1n) is 6.44. The molecule has 0 radical (unpaired) electrons. The first-order valence-corrected chi connectivity index (χ1v) is 6.44. The van der Waals surface area contributed by atoms with Gasteiger partial charge in [-0.05, 0) is 30.9 Å². The summed E-state index contributed by atoms with van der Waals surface area (Å²) in [6.45, 7) is 4.75. The van der Waals surface area contributed by atoms with E-state index < -0.39 is 0 Å². The number of ether oxygens (including phenoxy) is 1. The summed E-state index contributed by atoms with van der Waals surface area (Å²) in [5.74, 6) is 1.05. The Balaban J connectivity index is 1.72. The Kier molecular flexibility index (Phi) is 2.81.